The number of methoxy groups -OCH3 is 1. The fourth-order valence-corrected chi connectivity index (χ4v) is 3.33. The van der Waals surface area contributed by atoms with Gasteiger partial charge in [-0.25, -0.2) is 0 Å². The maximum absolute atomic E-state index is 12.4. The van der Waals surface area contributed by atoms with Gasteiger partial charge in [0.1, 0.15) is 0 Å². The number of nitrogens with one attached hydrogen (secondary N) is 1. The highest BCUT2D eigenvalue weighted by atomic mass is 16.5. The molecule has 1 heterocycles. The third kappa shape index (κ3) is 6.20. The maximum Gasteiger partial charge on any atom is 0.251 e. The van der Waals surface area contributed by atoms with Crippen LogP contribution in [-0.4, -0.2) is 50.2 Å². The molecule has 1 fully saturated rings. The number of hydrogen-bond donors (Lipinski definition) is 1. The van der Waals surface area contributed by atoms with Crippen LogP contribution in [0.3, 0.4) is 0 Å². The summed E-state index contributed by atoms with van der Waals surface area (Å²) in [6.45, 7) is 8.02. The Morgan fingerprint density at radius 3 is 2.85 bits per heavy atom. The second-order valence-corrected chi connectivity index (χ2v) is 7.06. The molecule has 1 atom stereocenters. The van der Waals surface area contributed by atoms with Crippen molar-refractivity contribution in [3.8, 4) is 11.5 Å². The molecular formula is C21H34N2O3. The highest BCUT2D eigenvalue weighted by molar-refractivity contribution is 5.94. The molecule has 0 saturated carbocycles. The Morgan fingerprint density at radius 1 is 1.27 bits per heavy atom. The summed E-state index contributed by atoms with van der Waals surface area (Å²) in [5, 5.41) is 3.01. The minimum absolute atomic E-state index is 0.0601. The molecule has 1 amide bonds. The van der Waals surface area contributed by atoms with Crippen LogP contribution in [0.1, 0.15) is 62.7 Å². The first-order chi connectivity index (χ1) is 12.7. The third-order valence-corrected chi connectivity index (χ3v) is 5.03. The van der Waals surface area contributed by atoms with Gasteiger partial charge < -0.3 is 19.7 Å². The standard InChI is InChI=1S/C21H34N2O3/c1-4-5-15-26-19-11-10-18(16-20(19)25-3)21(24)22-12-8-14-23-13-7-6-9-17(23)2/h10-11,16-17H,4-9,12-15H2,1-3H3,(H,22,24)/t17-/m1/s1. The molecule has 1 aliphatic heterocycles. The van der Waals surface area contributed by atoms with Gasteiger partial charge in [0.05, 0.1) is 13.7 Å². The minimum atomic E-state index is -0.0601. The van der Waals surface area contributed by atoms with Crippen LogP contribution in [0.25, 0.3) is 0 Å². The summed E-state index contributed by atoms with van der Waals surface area (Å²) in [5.74, 6) is 1.24. The second-order valence-electron chi connectivity index (χ2n) is 7.06. The lowest BCUT2D eigenvalue weighted by Crippen LogP contribution is -2.39. The number of amides is 1. The van der Waals surface area contributed by atoms with E-state index in [2.05, 4.69) is 24.1 Å². The molecule has 5 nitrogen and oxygen atoms in total. The summed E-state index contributed by atoms with van der Waals surface area (Å²) in [4.78, 5) is 14.9. The Labute approximate surface area is 158 Å². The first-order valence-electron chi connectivity index (χ1n) is 9.98. The van der Waals surface area contributed by atoms with Gasteiger partial charge in [-0.3, -0.25) is 4.79 Å². The average molecular weight is 363 g/mol. The smallest absolute Gasteiger partial charge is 0.251 e. The summed E-state index contributed by atoms with van der Waals surface area (Å²) in [6, 6.07) is 6.04. The number of carbonyl (C=O) groups is 1. The number of hydrogen-bond acceptors (Lipinski definition) is 4. The van der Waals surface area contributed by atoms with E-state index < -0.39 is 0 Å². The highest BCUT2D eigenvalue weighted by Gasteiger charge is 2.17. The van der Waals surface area contributed by atoms with Gasteiger partial charge in [0.15, 0.2) is 11.5 Å². The van der Waals surface area contributed by atoms with E-state index in [-0.39, 0.29) is 5.91 Å². The van der Waals surface area contributed by atoms with Crippen LogP contribution in [0.4, 0.5) is 0 Å². The number of nitrogens with zero attached hydrogens (tertiary/aromatic N) is 1. The highest BCUT2D eigenvalue weighted by Crippen LogP contribution is 2.28. The molecule has 26 heavy (non-hydrogen) atoms. The third-order valence-electron chi connectivity index (χ3n) is 5.03. The zero-order chi connectivity index (χ0) is 18.8. The van der Waals surface area contributed by atoms with Gasteiger partial charge in [-0.2, -0.15) is 0 Å². The number of rotatable bonds is 10. The van der Waals surface area contributed by atoms with E-state index in [4.69, 9.17) is 9.47 Å². The maximum atomic E-state index is 12.4. The zero-order valence-corrected chi connectivity index (χ0v) is 16.6. The molecule has 1 aliphatic rings. The van der Waals surface area contributed by atoms with E-state index in [0.29, 0.717) is 36.3 Å². The number of carbonyl (C=O) groups excluding carboxylic acids is 1. The number of benzene rings is 1. The summed E-state index contributed by atoms with van der Waals surface area (Å²) in [6.07, 6.45) is 6.99. The van der Waals surface area contributed by atoms with Gasteiger partial charge in [-0.05, 0) is 57.4 Å². The second kappa shape index (κ2) is 11.1. The van der Waals surface area contributed by atoms with Crippen molar-refractivity contribution in [2.24, 2.45) is 0 Å². The summed E-state index contributed by atoms with van der Waals surface area (Å²) < 4.78 is 11.1. The van der Waals surface area contributed by atoms with Gasteiger partial charge >= 0.3 is 0 Å². The van der Waals surface area contributed by atoms with Crippen LogP contribution < -0.4 is 14.8 Å². The monoisotopic (exact) mass is 362 g/mol. The first kappa shape index (κ1) is 20.6. The van der Waals surface area contributed by atoms with Crippen molar-refractivity contribution < 1.29 is 14.3 Å². The van der Waals surface area contributed by atoms with Crippen molar-refractivity contribution >= 4 is 5.91 Å². The zero-order valence-electron chi connectivity index (χ0n) is 16.6. The fraction of sp³-hybridized carbons (Fsp3) is 0.667. The van der Waals surface area contributed by atoms with Crippen LogP contribution in [0, 0.1) is 0 Å². The summed E-state index contributed by atoms with van der Waals surface area (Å²) >= 11 is 0. The molecule has 1 aromatic rings. The van der Waals surface area contributed by atoms with Gasteiger partial charge in [0.25, 0.3) is 5.91 Å². The lowest BCUT2D eigenvalue weighted by atomic mass is 10.0. The number of unbranched alkanes of at least 4 members (excludes halogenated alkanes) is 1. The Kier molecular flexibility index (Phi) is 8.75. The number of piperidine rings is 1. The Hall–Kier alpha value is -1.75. The molecule has 5 heteroatoms. The van der Waals surface area contributed by atoms with E-state index in [1.165, 1.54) is 25.8 Å². The predicted molar refractivity (Wildman–Crippen MR) is 105 cm³/mol. The van der Waals surface area contributed by atoms with Crippen LogP contribution in [0.2, 0.25) is 0 Å². The summed E-state index contributed by atoms with van der Waals surface area (Å²) in [7, 11) is 1.60. The number of likely N-dealkylation sites (tertiary alicyclic amines) is 1. The quantitative estimate of drug-likeness (QED) is 0.642. The average Bonchev–Trinajstić information content (AvgIpc) is 2.66. The van der Waals surface area contributed by atoms with Gasteiger partial charge in [0.2, 0.25) is 0 Å². The molecule has 1 saturated heterocycles. The predicted octanol–water partition coefficient (Wildman–Crippen LogP) is 3.87. The van der Waals surface area contributed by atoms with Crippen molar-refractivity contribution in [1.29, 1.82) is 0 Å². The molecule has 0 bridgehead atoms. The van der Waals surface area contributed by atoms with E-state index in [9.17, 15) is 4.79 Å². The lowest BCUT2D eigenvalue weighted by Gasteiger charge is -2.33. The van der Waals surface area contributed by atoms with Crippen LogP contribution in [0.5, 0.6) is 11.5 Å². The Balaban J connectivity index is 1.79. The minimum Gasteiger partial charge on any atom is -0.493 e. The number of ether oxygens (including phenoxy) is 2. The lowest BCUT2D eigenvalue weighted by molar-refractivity contribution is 0.0948. The van der Waals surface area contributed by atoms with E-state index in [1.54, 1.807) is 19.2 Å². The Morgan fingerprint density at radius 2 is 2.12 bits per heavy atom. The first-order valence-corrected chi connectivity index (χ1v) is 9.98. The molecular weight excluding hydrogens is 328 g/mol. The van der Waals surface area contributed by atoms with Crippen LogP contribution in [-0.2, 0) is 0 Å². The summed E-state index contributed by atoms with van der Waals surface area (Å²) in [5.41, 5.74) is 0.607. The molecule has 0 unspecified atom stereocenters. The van der Waals surface area contributed by atoms with Crippen molar-refractivity contribution in [1.82, 2.24) is 10.2 Å². The van der Waals surface area contributed by atoms with Crippen molar-refractivity contribution in [2.75, 3.05) is 33.4 Å². The fourth-order valence-electron chi connectivity index (χ4n) is 3.33. The molecule has 0 radical (unpaired) electrons. The van der Waals surface area contributed by atoms with Crippen molar-refractivity contribution in [3.63, 3.8) is 0 Å². The molecule has 146 valence electrons. The van der Waals surface area contributed by atoms with Gasteiger partial charge in [0, 0.05) is 24.7 Å². The van der Waals surface area contributed by atoms with Gasteiger partial charge in [-0.15, -0.1) is 0 Å². The van der Waals surface area contributed by atoms with Gasteiger partial charge in [-0.1, -0.05) is 19.8 Å². The Bertz CT molecular complexity index is 562. The molecule has 0 spiro atoms. The molecule has 2 rings (SSSR count). The molecule has 1 aromatic carbocycles. The van der Waals surface area contributed by atoms with Crippen LogP contribution in [0.15, 0.2) is 18.2 Å². The van der Waals surface area contributed by atoms with E-state index in [0.717, 1.165) is 25.8 Å². The van der Waals surface area contributed by atoms with Crippen molar-refractivity contribution in [2.45, 2.75) is 58.4 Å². The van der Waals surface area contributed by atoms with Crippen molar-refractivity contribution in [3.05, 3.63) is 23.8 Å². The van der Waals surface area contributed by atoms with Crippen LogP contribution >= 0.6 is 0 Å². The molecule has 0 aliphatic carbocycles. The largest absolute Gasteiger partial charge is 0.493 e. The van der Waals surface area contributed by atoms with E-state index in [1.807, 2.05) is 6.07 Å². The molecule has 1 N–H and O–H groups in total. The van der Waals surface area contributed by atoms with E-state index >= 15 is 0 Å². The normalized spacial score (nSPS) is 17.7. The topological polar surface area (TPSA) is 50.8 Å². The SMILES string of the molecule is CCCCOc1ccc(C(=O)NCCCN2CCCC[C@H]2C)cc1OC. The molecule has 0 aromatic heterocycles.